The van der Waals surface area contributed by atoms with Gasteiger partial charge in [-0.05, 0) is 33.4 Å². The van der Waals surface area contributed by atoms with Crippen molar-refractivity contribution in [2.24, 2.45) is 0 Å². The molecule has 0 spiro atoms. The quantitative estimate of drug-likeness (QED) is 0.661. The fourth-order valence-corrected chi connectivity index (χ4v) is 1.82. The van der Waals surface area contributed by atoms with E-state index in [1.165, 1.54) is 6.92 Å². The maximum absolute atomic E-state index is 11.7. The summed E-state index contributed by atoms with van der Waals surface area (Å²) in [5.41, 5.74) is -1.20. The van der Waals surface area contributed by atoms with Gasteiger partial charge in [-0.25, -0.2) is 9.59 Å². The largest absolute Gasteiger partial charge is 0.480 e. The van der Waals surface area contributed by atoms with Crippen molar-refractivity contribution in [3.8, 4) is 0 Å². The molecule has 0 bridgehead atoms. The van der Waals surface area contributed by atoms with Crippen LogP contribution in [-0.4, -0.2) is 53.7 Å². The minimum Gasteiger partial charge on any atom is -0.480 e. The van der Waals surface area contributed by atoms with Crippen LogP contribution < -0.4 is 10.6 Å². The van der Waals surface area contributed by atoms with Crippen molar-refractivity contribution in [2.75, 3.05) is 20.1 Å². The Kier molecular flexibility index (Phi) is 4.34. The summed E-state index contributed by atoms with van der Waals surface area (Å²) >= 11 is 0. The van der Waals surface area contributed by atoms with Gasteiger partial charge in [0.05, 0.1) is 0 Å². The van der Waals surface area contributed by atoms with E-state index in [0.717, 1.165) is 19.5 Å². The Labute approximate surface area is 101 Å². The Balaban J connectivity index is 2.46. The number of carboxylic acids is 1. The van der Waals surface area contributed by atoms with Crippen LogP contribution in [0.5, 0.6) is 0 Å². The van der Waals surface area contributed by atoms with Crippen molar-refractivity contribution in [1.29, 1.82) is 0 Å². The normalized spacial score (nSPS) is 24.1. The second-order valence-electron chi connectivity index (χ2n) is 4.84. The van der Waals surface area contributed by atoms with E-state index in [0.29, 0.717) is 6.42 Å². The van der Waals surface area contributed by atoms with Crippen LogP contribution in [-0.2, 0) is 4.79 Å². The molecule has 1 aliphatic heterocycles. The van der Waals surface area contributed by atoms with Crippen LogP contribution >= 0.6 is 0 Å². The molecule has 6 nitrogen and oxygen atoms in total. The maximum Gasteiger partial charge on any atom is 0.329 e. The molecule has 1 saturated heterocycles. The first-order valence-corrected chi connectivity index (χ1v) is 5.88. The van der Waals surface area contributed by atoms with Crippen LogP contribution in [0.3, 0.4) is 0 Å². The van der Waals surface area contributed by atoms with E-state index in [2.05, 4.69) is 15.5 Å². The average Bonchev–Trinajstić information content (AvgIpc) is 2.63. The number of hydrogen-bond acceptors (Lipinski definition) is 3. The van der Waals surface area contributed by atoms with E-state index in [1.807, 2.05) is 7.05 Å². The number of carboxylic acid groups (broad SMARTS) is 1. The Morgan fingerprint density at radius 1 is 1.53 bits per heavy atom. The lowest BCUT2D eigenvalue weighted by atomic mass is 10.00. The van der Waals surface area contributed by atoms with Gasteiger partial charge in [0.25, 0.3) is 0 Å². The Morgan fingerprint density at radius 2 is 2.18 bits per heavy atom. The van der Waals surface area contributed by atoms with Gasteiger partial charge in [0, 0.05) is 12.6 Å². The van der Waals surface area contributed by atoms with Gasteiger partial charge in [-0.2, -0.15) is 0 Å². The number of likely N-dealkylation sites (N-methyl/N-ethyl adjacent to an activating group) is 1. The van der Waals surface area contributed by atoms with Gasteiger partial charge in [0.2, 0.25) is 0 Å². The molecule has 17 heavy (non-hydrogen) atoms. The molecule has 0 saturated carbocycles. The monoisotopic (exact) mass is 243 g/mol. The van der Waals surface area contributed by atoms with E-state index in [-0.39, 0.29) is 6.04 Å². The van der Waals surface area contributed by atoms with Gasteiger partial charge >= 0.3 is 12.0 Å². The van der Waals surface area contributed by atoms with E-state index in [1.54, 1.807) is 6.92 Å². The van der Waals surface area contributed by atoms with Gasteiger partial charge in [0.1, 0.15) is 5.54 Å². The molecule has 3 N–H and O–H groups in total. The number of carbonyl (C=O) groups excluding carboxylic acids is 1. The molecule has 0 aromatic carbocycles. The molecule has 2 amide bonds. The average molecular weight is 243 g/mol. The number of carbonyl (C=O) groups is 2. The van der Waals surface area contributed by atoms with Gasteiger partial charge in [-0.15, -0.1) is 0 Å². The number of rotatable bonds is 4. The smallest absolute Gasteiger partial charge is 0.329 e. The molecular weight excluding hydrogens is 222 g/mol. The zero-order chi connectivity index (χ0) is 13.1. The summed E-state index contributed by atoms with van der Waals surface area (Å²) in [6, 6.07) is -0.299. The maximum atomic E-state index is 11.7. The number of urea groups is 1. The third-order valence-electron chi connectivity index (χ3n) is 3.30. The third-order valence-corrected chi connectivity index (χ3v) is 3.30. The summed E-state index contributed by atoms with van der Waals surface area (Å²) in [4.78, 5) is 24.8. The fourth-order valence-electron chi connectivity index (χ4n) is 1.82. The second kappa shape index (κ2) is 5.35. The van der Waals surface area contributed by atoms with Crippen LogP contribution in [0.4, 0.5) is 4.79 Å². The molecule has 0 radical (unpaired) electrons. The third kappa shape index (κ3) is 3.59. The van der Waals surface area contributed by atoms with E-state index >= 15 is 0 Å². The van der Waals surface area contributed by atoms with Gasteiger partial charge < -0.3 is 20.6 Å². The van der Waals surface area contributed by atoms with Crippen molar-refractivity contribution >= 4 is 12.0 Å². The number of aliphatic carboxylic acids is 1. The summed E-state index contributed by atoms with van der Waals surface area (Å²) in [7, 11) is 1.99. The topological polar surface area (TPSA) is 81.7 Å². The first-order chi connectivity index (χ1) is 7.87. The highest BCUT2D eigenvalue weighted by molar-refractivity contribution is 5.85. The Hall–Kier alpha value is -1.30. The number of nitrogens with zero attached hydrogens (tertiary/aromatic N) is 1. The predicted octanol–water partition coefficient (Wildman–Crippen LogP) is 0.243. The van der Waals surface area contributed by atoms with Crippen LogP contribution in [0.15, 0.2) is 0 Å². The highest BCUT2D eigenvalue weighted by atomic mass is 16.4. The zero-order valence-corrected chi connectivity index (χ0v) is 10.6. The molecule has 1 fully saturated rings. The van der Waals surface area contributed by atoms with E-state index < -0.39 is 17.5 Å². The van der Waals surface area contributed by atoms with E-state index in [9.17, 15) is 9.59 Å². The lowest BCUT2D eigenvalue weighted by Gasteiger charge is -2.25. The second-order valence-corrected chi connectivity index (χ2v) is 4.84. The van der Waals surface area contributed by atoms with Crippen molar-refractivity contribution in [3.63, 3.8) is 0 Å². The summed E-state index contributed by atoms with van der Waals surface area (Å²) in [5.74, 6) is -1.02. The molecule has 1 rings (SSSR count). The predicted molar refractivity (Wildman–Crippen MR) is 63.9 cm³/mol. The molecule has 0 aliphatic carbocycles. The van der Waals surface area contributed by atoms with Gasteiger partial charge in [-0.3, -0.25) is 0 Å². The van der Waals surface area contributed by atoms with Crippen molar-refractivity contribution in [2.45, 2.75) is 38.3 Å². The molecule has 2 unspecified atom stereocenters. The minimum atomic E-state index is -1.20. The van der Waals surface area contributed by atoms with Crippen molar-refractivity contribution in [3.05, 3.63) is 0 Å². The van der Waals surface area contributed by atoms with Gasteiger partial charge in [-0.1, -0.05) is 6.92 Å². The first kappa shape index (κ1) is 13.8. The molecular formula is C11H21N3O3. The van der Waals surface area contributed by atoms with E-state index in [4.69, 9.17) is 5.11 Å². The minimum absolute atomic E-state index is 0.106. The number of hydrogen-bond donors (Lipinski definition) is 3. The van der Waals surface area contributed by atoms with Gasteiger partial charge in [0.15, 0.2) is 0 Å². The lowest BCUT2D eigenvalue weighted by molar-refractivity contribution is -0.143. The number of amides is 2. The molecule has 1 aliphatic rings. The molecule has 6 heteroatoms. The summed E-state index contributed by atoms with van der Waals surface area (Å²) in [6.07, 6.45) is 1.25. The summed E-state index contributed by atoms with van der Waals surface area (Å²) < 4.78 is 0. The van der Waals surface area contributed by atoms with Crippen molar-refractivity contribution < 1.29 is 14.7 Å². The number of likely N-dealkylation sites (tertiary alicyclic amines) is 1. The number of nitrogens with one attached hydrogen (secondary N) is 2. The zero-order valence-electron chi connectivity index (χ0n) is 10.6. The standard InChI is InChI=1S/C11H21N3O3/c1-4-11(2,9(15)16)13-10(17)12-8-5-6-14(3)7-8/h8H,4-7H2,1-3H3,(H,15,16)(H2,12,13,17). The summed E-state index contributed by atoms with van der Waals surface area (Å²) in [6.45, 7) is 5.01. The molecule has 0 aromatic heterocycles. The molecule has 98 valence electrons. The van der Waals surface area contributed by atoms with Crippen LogP contribution in [0.2, 0.25) is 0 Å². The van der Waals surface area contributed by atoms with Crippen LogP contribution in [0.1, 0.15) is 26.7 Å². The summed E-state index contributed by atoms with van der Waals surface area (Å²) in [5, 5.41) is 14.3. The van der Waals surface area contributed by atoms with Crippen LogP contribution in [0.25, 0.3) is 0 Å². The molecule has 0 aromatic rings. The fraction of sp³-hybridized carbons (Fsp3) is 0.818. The lowest BCUT2D eigenvalue weighted by Crippen LogP contribution is -2.56. The highest BCUT2D eigenvalue weighted by Gasteiger charge is 2.33. The van der Waals surface area contributed by atoms with Crippen molar-refractivity contribution in [1.82, 2.24) is 15.5 Å². The Bertz CT molecular complexity index is 308. The first-order valence-electron chi connectivity index (χ1n) is 5.88. The van der Waals surface area contributed by atoms with Crippen LogP contribution in [0, 0.1) is 0 Å². The molecule has 2 atom stereocenters. The SMILES string of the molecule is CCC(C)(NC(=O)NC1CCN(C)C1)C(=O)O. The molecule has 1 heterocycles. The highest BCUT2D eigenvalue weighted by Crippen LogP contribution is 2.10. The Morgan fingerprint density at radius 3 is 2.59 bits per heavy atom.